The van der Waals surface area contributed by atoms with E-state index < -0.39 is 4.92 Å². The van der Waals surface area contributed by atoms with Gasteiger partial charge in [0.05, 0.1) is 4.92 Å². The van der Waals surface area contributed by atoms with E-state index in [0.717, 1.165) is 32.3 Å². The van der Waals surface area contributed by atoms with E-state index in [0.29, 0.717) is 6.54 Å². The van der Waals surface area contributed by atoms with Crippen molar-refractivity contribution < 1.29 is 9.72 Å². The number of aromatic amines is 1. The fourth-order valence-electron chi connectivity index (χ4n) is 3.34. The number of hydrogen-bond donors (Lipinski definition) is 1. The molecule has 1 atom stereocenters. The van der Waals surface area contributed by atoms with Crippen LogP contribution in [0.3, 0.4) is 0 Å². The Kier molecular flexibility index (Phi) is 5.08. The lowest BCUT2D eigenvalue weighted by Gasteiger charge is -2.27. The summed E-state index contributed by atoms with van der Waals surface area (Å²) in [5, 5.41) is 17.2. The van der Waals surface area contributed by atoms with Gasteiger partial charge in [0.1, 0.15) is 6.20 Å². The van der Waals surface area contributed by atoms with E-state index in [2.05, 4.69) is 27.2 Å². The Labute approximate surface area is 145 Å². The van der Waals surface area contributed by atoms with Gasteiger partial charge in [-0.25, -0.2) is 0 Å². The molecule has 1 aliphatic rings. The summed E-state index contributed by atoms with van der Waals surface area (Å²) in [5.74, 6) is -0.363. The van der Waals surface area contributed by atoms with Crippen LogP contribution < -0.4 is 0 Å². The molecule has 3 rings (SSSR count). The molecule has 1 N–H and O–H groups in total. The Morgan fingerprint density at radius 1 is 1.44 bits per heavy atom. The second-order valence-corrected chi connectivity index (χ2v) is 6.14. The van der Waals surface area contributed by atoms with Crippen LogP contribution in [-0.2, 0) is 6.54 Å². The summed E-state index contributed by atoms with van der Waals surface area (Å²) in [6.45, 7) is 4.89. The molecule has 1 unspecified atom stereocenters. The first-order chi connectivity index (χ1) is 12.1. The first kappa shape index (κ1) is 17.1. The molecule has 8 nitrogen and oxygen atoms in total. The molecule has 1 aliphatic heterocycles. The first-order valence-electron chi connectivity index (χ1n) is 8.35. The monoisotopic (exact) mass is 343 g/mol. The lowest BCUT2D eigenvalue weighted by Crippen LogP contribution is -2.42. The maximum absolute atomic E-state index is 12.7. The zero-order chi connectivity index (χ0) is 17.8. The van der Waals surface area contributed by atoms with E-state index in [1.165, 1.54) is 5.56 Å². The van der Waals surface area contributed by atoms with E-state index in [1.807, 2.05) is 25.1 Å². The second kappa shape index (κ2) is 7.43. The van der Waals surface area contributed by atoms with Crippen LogP contribution in [0.15, 0.2) is 36.5 Å². The number of carbonyl (C=O) groups is 1. The molecule has 1 amide bonds. The predicted molar refractivity (Wildman–Crippen MR) is 92.1 cm³/mol. The zero-order valence-electron chi connectivity index (χ0n) is 14.1. The molecular weight excluding hydrogens is 322 g/mol. The number of rotatable bonds is 6. The van der Waals surface area contributed by atoms with Gasteiger partial charge in [0, 0.05) is 32.2 Å². The van der Waals surface area contributed by atoms with Gasteiger partial charge in [-0.2, -0.15) is 5.10 Å². The third kappa shape index (κ3) is 3.69. The summed E-state index contributed by atoms with van der Waals surface area (Å²) in [6, 6.07) is 10.2. The van der Waals surface area contributed by atoms with Gasteiger partial charge < -0.3 is 4.90 Å². The molecule has 0 radical (unpaired) electrons. The van der Waals surface area contributed by atoms with E-state index in [-0.39, 0.29) is 23.3 Å². The lowest BCUT2D eigenvalue weighted by atomic mass is 10.2. The zero-order valence-corrected chi connectivity index (χ0v) is 14.1. The van der Waals surface area contributed by atoms with Crippen LogP contribution in [0.5, 0.6) is 0 Å². The number of nitro groups is 1. The van der Waals surface area contributed by atoms with Gasteiger partial charge in [0.15, 0.2) is 0 Å². The highest BCUT2D eigenvalue weighted by molar-refractivity contribution is 5.96. The van der Waals surface area contributed by atoms with Crippen molar-refractivity contribution in [1.29, 1.82) is 0 Å². The fourth-order valence-corrected chi connectivity index (χ4v) is 3.34. The molecule has 1 aromatic carbocycles. The van der Waals surface area contributed by atoms with Crippen LogP contribution in [0.2, 0.25) is 0 Å². The molecule has 1 aromatic heterocycles. The number of hydrogen-bond acceptors (Lipinski definition) is 5. The lowest BCUT2D eigenvalue weighted by molar-refractivity contribution is -0.385. The summed E-state index contributed by atoms with van der Waals surface area (Å²) in [6.07, 6.45) is 1.94. The number of nitrogens with zero attached hydrogens (tertiary/aromatic N) is 4. The molecule has 1 saturated heterocycles. The van der Waals surface area contributed by atoms with Gasteiger partial charge in [-0.15, -0.1) is 0 Å². The van der Waals surface area contributed by atoms with Gasteiger partial charge in [-0.3, -0.25) is 24.9 Å². The van der Waals surface area contributed by atoms with E-state index in [1.54, 1.807) is 4.90 Å². The fraction of sp³-hybridized carbons (Fsp3) is 0.412. The van der Waals surface area contributed by atoms with E-state index in [9.17, 15) is 14.9 Å². The number of likely N-dealkylation sites (N-methyl/N-ethyl adjacent to an activating group) is 1. The quantitative estimate of drug-likeness (QED) is 0.640. The third-order valence-electron chi connectivity index (χ3n) is 4.57. The standard InChI is InChI=1S/C17H21N5O3/c1-2-21(17(23)16-15(22(24)25)10-18-19-16)14-8-9-20(12-14)11-13-6-4-3-5-7-13/h3-7,10,14H,2,8-9,11-12H2,1H3,(H,18,19). The Morgan fingerprint density at radius 2 is 2.20 bits per heavy atom. The van der Waals surface area contributed by atoms with E-state index in [4.69, 9.17) is 0 Å². The largest absolute Gasteiger partial charge is 0.333 e. The van der Waals surface area contributed by atoms with Crippen molar-refractivity contribution in [3.8, 4) is 0 Å². The van der Waals surface area contributed by atoms with Crippen molar-refractivity contribution in [2.24, 2.45) is 0 Å². The third-order valence-corrected chi connectivity index (χ3v) is 4.57. The summed E-state index contributed by atoms with van der Waals surface area (Å²) >= 11 is 0. The van der Waals surface area contributed by atoms with Gasteiger partial charge in [0.2, 0.25) is 5.69 Å². The Bertz CT molecular complexity index is 746. The topological polar surface area (TPSA) is 95.4 Å². The molecule has 132 valence electrons. The van der Waals surface area contributed by atoms with Crippen LogP contribution in [0.25, 0.3) is 0 Å². The van der Waals surface area contributed by atoms with Crippen molar-refractivity contribution in [3.63, 3.8) is 0 Å². The number of carbonyl (C=O) groups excluding carboxylic acids is 1. The number of nitrogens with one attached hydrogen (secondary N) is 1. The van der Waals surface area contributed by atoms with Gasteiger partial charge in [0.25, 0.3) is 5.91 Å². The smallest absolute Gasteiger partial charge is 0.319 e. The molecule has 2 aromatic rings. The van der Waals surface area contributed by atoms with Crippen LogP contribution in [0, 0.1) is 10.1 Å². The van der Waals surface area contributed by atoms with Crippen molar-refractivity contribution in [2.75, 3.05) is 19.6 Å². The van der Waals surface area contributed by atoms with Crippen molar-refractivity contribution >= 4 is 11.6 Å². The maximum atomic E-state index is 12.7. The number of H-pyrrole nitrogens is 1. The van der Waals surface area contributed by atoms with Crippen LogP contribution in [0.4, 0.5) is 5.69 Å². The summed E-state index contributed by atoms with van der Waals surface area (Å²) in [5.41, 5.74) is 0.915. The molecule has 0 saturated carbocycles. The van der Waals surface area contributed by atoms with Crippen LogP contribution in [-0.4, -0.2) is 56.5 Å². The van der Waals surface area contributed by atoms with Crippen molar-refractivity contribution in [3.05, 3.63) is 57.9 Å². The molecular formula is C17H21N5O3. The molecule has 0 aliphatic carbocycles. The number of likely N-dealkylation sites (tertiary alicyclic amines) is 1. The summed E-state index contributed by atoms with van der Waals surface area (Å²) in [7, 11) is 0. The number of benzene rings is 1. The predicted octanol–water partition coefficient (Wildman–Crippen LogP) is 2.05. The first-order valence-corrected chi connectivity index (χ1v) is 8.35. The molecule has 8 heteroatoms. The highest BCUT2D eigenvalue weighted by Gasteiger charge is 2.34. The normalized spacial score (nSPS) is 17.6. The maximum Gasteiger partial charge on any atom is 0.319 e. The average molecular weight is 343 g/mol. The molecule has 2 heterocycles. The Hall–Kier alpha value is -2.74. The molecule has 1 fully saturated rings. The van der Waals surface area contributed by atoms with Crippen molar-refractivity contribution in [2.45, 2.75) is 25.9 Å². The van der Waals surface area contributed by atoms with Gasteiger partial charge in [-0.05, 0) is 18.9 Å². The number of amides is 1. The van der Waals surface area contributed by atoms with Gasteiger partial charge in [-0.1, -0.05) is 30.3 Å². The highest BCUT2D eigenvalue weighted by atomic mass is 16.6. The minimum atomic E-state index is -0.582. The minimum Gasteiger partial charge on any atom is -0.333 e. The van der Waals surface area contributed by atoms with Crippen LogP contribution >= 0.6 is 0 Å². The van der Waals surface area contributed by atoms with Crippen LogP contribution in [0.1, 0.15) is 29.4 Å². The van der Waals surface area contributed by atoms with Crippen molar-refractivity contribution in [1.82, 2.24) is 20.0 Å². The number of aromatic nitrogens is 2. The minimum absolute atomic E-state index is 0.0455. The molecule has 0 spiro atoms. The van der Waals surface area contributed by atoms with Gasteiger partial charge >= 0.3 is 5.69 Å². The molecule has 25 heavy (non-hydrogen) atoms. The summed E-state index contributed by atoms with van der Waals surface area (Å²) in [4.78, 5) is 27.2. The SMILES string of the molecule is CCN(C(=O)c1[nH]ncc1[N+](=O)[O-])C1CCN(Cc2ccccc2)C1. The molecule has 0 bridgehead atoms. The summed E-state index contributed by atoms with van der Waals surface area (Å²) < 4.78 is 0. The Balaban J connectivity index is 1.68. The Morgan fingerprint density at radius 3 is 2.88 bits per heavy atom. The highest BCUT2D eigenvalue weighted by Crippen LogP contribution is 2.22. The van der Waals surface area contributed by atoms with E-state index >= 15 is 0 Å². The average Bonchev–Trinajstić information content (AvgIpc) is 3.26. The second-order valence-electron chi connectivity index (χ2n) is 6.14.